The van der Waals surface area contributed by atoms with Crippen LogP contribution >= 0.6 is 0 Å². The summed E-state index contributed by atoms with van der Waals surface area (Å²) in [5.74, 6) is 0.874. The summed E-state index contributed by atoms with van der Waals surface area (Å²) in [6.45, 7) is 7.96. The van der Waals surface area contributed by atoms with Gasteiger partial charge in [-0.15, -0.1) is 5.10 Å². The van der Waals surface area contributed by atoms with Crippen LogP contribution in [0.4, 0.5) is 17.3 Å². The average Bonchev–Trinajstić information content (AvgIpc) is 3.33. The number of aromatic nitrogens is 4. The van der Waals surface area contributed by atoms with Gasteiger partial charge in [0, 0.05) is 36.2 Å². The summed E-state index contributed by atoms with van der Waals surface area (Å²) in [4.78, 5) is 24.6. The van der Waals surface area contributed by atoms with Gasteiger partial charge in [0.2, 0.25) is 5.95 Å². The van der Waals surface area contributed by atoms with Crippen LogP contribution in [0.25, 0.3) is 11.4 Å². The highest BCUT2D eigenvalue weighted by Crippen LogP contribution is 2.37. The molecule has 1 unspecified atom stereocenters. The Kier molecular flexibility index (Phi) is 6.59. The number of amides is 1. The molecular weight excluding hydrogens is 466 g/mol. The summed E-state index contributed by atoms with van der Waals surface area (Å²) >= 11 is 0. The van der Waals surface area contributed by atoms with Gasteiger partial charge in [0.1, 0.15) is 11.8 Å². The fourth-order valence-electron chi connectivity index (χ4n) is 4.62. The molecule has 5 rings (SSSR count). The van der Waals surface area contributed by atoms with Crippen molar-refractivity contribution < 1.29 is 9.90 Å². The number of hydrogen-bond acceptors (Lipinski definition) is 7. The second-order valence-corrected chi connectivity index (χ2v) is 8.78. The molecule has 0 radical (unpaired) electrons. The molecule has 0 saturated heterocycles. The van der Waals surface area contributed by atoms with E-state index in [4.69, 9.17) is 10.1 Å². The molecule has 37 heavy (non-hydrogen) atoms. The molecule has 1 amide bonds. The van der Waals surface area contributed by atoms with Crippen LogP contribution in [0.15, 0.2) is 84.3 Å². The van der Waals surface area contributed by atoms with Gasteiger partial charge in [-0.2, -0.15) is 4.98 Å². The van der Waals surface area contributed by atoms with E-state index < -0.39 is 6.04 Å². The van der Waals surface area contributed by atoms with Gasteiger partial charge in [-0.1, -0.05) is 12.1 Å². The lowest BCUT2D eigenvalue weighted by Gasteiger charge is -2.28. The number of hydrogen-bond donors (Lipinski definition) is 3. The van der Waals surface area contributed by atoms with Crippen molar-refractivity contribution in [3.63, 3.8) is 0 Å². The molecule has 9 heteroatoms. The van der Waals surface area contributed by atoms with Crippen molar-refractivity contribution >= 4 is 23.2 Å². The third-order valence-electron chi connectivity index (χ3n) is 6.46. The van der Waals surface area contributed by atoms with E-state index in [9.17, 15) is 9.90 Å². The Morgan fingerprint density at radius 1 is 1.11 bits per heavy atom. The number of allylic oxidation sites excluding steroid dienone is 1. The predicted molar refractivity (Wildman–Crippen MR) is 144 cm³/mol. The average molecular weight is 496 g/mol. The van der Waals surface area contributed by atoms with Crippen molar-refractivity contribution in [2.24, 2.45) is 0 Å². The van der Waals surface area contributed by atoms with Crippen LogP contribution in [0, 0.1) is 0 Å². The first-order valence-electron chi connectivity index (χ1n) is 12.3. The van der Waals surface area contributed by atoms with E-state index in [1.807, 2.05) is 25.1 Å². The highest BCUT2D eigenvalue weighted by atomic mass is 16.3. The first-order valence-corrected chi connectivity index (χ1v) is 12.3. The largest absolute Gasteiger partial charge is 0.508 e. The molecule has 1 aliphatic rings. The zero-order chi connectivity index (χ0) is 25.9. The Balaban J connectivity index is 1.55. The zero-order valence-electron chi connectivity index (χ0n) is 21.0. The van der Waals surface area contributed by atoms with Crippen LogP contribution in [0.1, 0.15) is 32.4 Å². The Morgan fingerprint density at radius 3 is 2.57 bits per heavy atom. The number of benzene rings is 2. The van der Waals surface area contributed by atoms with Gasteiger partial charge in [0.25, 0.3) is 5.91 Å². The van der Waals surface area contributed by atoms with Crippen LogP contribution in [0.5, 0.6) is 5.75 Å². The summed E-state index contributed by atoms with van der Waals surface area (Å²) < 4.78 is 1.70. The smallest absolute Gasteiger partial charge is 0.255 e. The third kappa shape index (κ3) is 4.75. The van der Waals surface area contributed by atoms with E-state index in [0.29, 0.717) is 34.3 Å². The summed E-state index contributed by atoms with van der Waals surface area (Å²) in [7, 11) is 0. The molecule has 9 nitrogen and oxygen atoms in total. The molecule has 0 spiro atoms. The lowest BCUT2D eigenvalue weighted by atomic mass is 9.95. The van der Waals surface area contributed by atoms with Crippen molar-refractivity contribution in [2.75, 3.05) is 28.6 Å². The van der Waals surface area contributed by atoms with Crippen molar-refractivity contribution in [3.05, 3.63) is 89.9 Å². The first-order chi connectivity index (χ1) is 18.0. The first kappa shape index (κ1) is 24.1. The Bertz CT molecular complexity index is 1440. The molecular formula is C28H29N7O2. The lowest BCUT2D eigenvalue weighted by molar-refractivity contribution is -0.113. The molecule has 188 valence electrons. The number of nitrogens with one attached hydrogen (secondary N) is 2. The monoisotopic (exact) mass is 495 g/mol. The van der Waals surface area contributed by atoms with E-state index in [1.165, 1.54) is 0 Å². The number of phenolic OH excluding ortho intramolecular Hbond substituents is 1. The molecule has 1 atom stereocenters. The van der Waals surface area contributed by atoms with Gasteiger partial charge in [-0.05, 0) is 74.9 Å². The van der Waals surface area contributed by atoms with Gasteiger partial charge < -0.3 is 20.6 Å². The Hall–Kier alpha value is -4.66. The van der Waals surface area contributed by atoms with Gasteiger partial charge in [-0.25, -0.2) is 4.68 Å². The molecule has 3 N–H and O–H groups in total. The SMILES string of the molecule is CCN(CC)c1ccc(-c2nc3n(n2)C(c2cccc(O)c2)C(C(=O)Nc2cccnc2)=C(C)N3)cc1. The highest BCUT2D eigenvalue weighted by molar-refractivity contribution is 6.06. The van der Waals surface area contributed by atoms with E-state index in [-0.39, 0.29) is 11.7 Å². The summed E-state index contributed by atoms with van der Waals surface area (Å²) in [5.41, 5.74) is 4.43. The fraction of sp³-hybridized carbons (Fsp3) is 0.214. The number of phenols is 1. The van der Waals surface area contributed by atoms with E-state index in [2.05, 4.69) is 46.5 Å². The topological polar surface area (TPSA) is 108 Å². The number of aromatic hydroxyl groups is 1. The molecule has 4 aromatic rings. The molecule has 2 aromatic heterocycles. The van der Waals surface area contributed by atoms with Crippen LogP contribution in [-0.4, -0.2) is 43.9 Å². The van der Waals surface area contributed by atoms with Crippen LogP contribution in [0.2, 0.25) is 0 Å². The maximum absolute atomic E-state index is 13.5. The molecule has 0 bridgehead atoms. The number of carbonyl (C=O) groups excluding carboxylic acids is 1. The van der Waals surface area contributed by atoms with Gasteiger partial charge in [0.15, 0.2) is 5.82 Å². The quantitative estimate of drug-likeness (QED) is 0.337. The Labute approximate surface area is 215 Å². The minimum atomic E-state index is -0.601. The second-order valence-electron chi connectivity index (χ2n) is 8.78. The predicted octanol–water partition coefficient (Wildman–Crippen LogP) is 4.82. The van der Waals surface area contributed by atoms with Gasteiger partial charge in [0.05, 0.1) is 17.5 Å². The second kappa shape index (κ2) is 10.1. The number of rotatable bonds is 7. The van der Waals surface area contributed by atoms with Crippen LogP contribution in [0.3, 0.4) is 0 Å². The maximum atomic E-state index is 13.5. The van der Waals surface area contributed by atoms with Crippen molar-refractivity contribution in [1.29, 1.82) is 0 Å². The number of carbonyl (C=O) groups is 1. The van der Waals surface area contributed by atoms with Crippen LogP contribution in [-0.2, 0) is 4.79 Å². The van der Waals surface area contributed by atoms with Crippen molar-refractivity contribution in [1.82, 2.24) is 19.7 Å². The minimum Gasteiger partial charge on any atom is -0.508 e. The molecule has 0 saturated carbocycles. The lowest BCUT2D eigenvalue weighted by Crippen LogP contribution is -2.31. The van der Waals surface area contributed by atoms with Gasteiger partial charge >= 0.3 is 0 Å². The molecule has 0 fully saturated rings. The maximum Gasteiger partial charge on any atom is 0.255 e. The van der Waals surface area contributed by atoms with Crippen LogP contribution < -0.4 is 15.5 Å². The number of anilines is 3. The fourth-order valence-corrected chi connectivity index (χ4v) is 4.62. The number of fused-ring (bicyclic) bond motifs is 1. The van der Waals surface area contributed by atoms with E-state index in [1.54, 1.807) is 47.4 Å². The zero-order valence-corrected chi connectivity index (χ0v) is 21.0. The summed E-state index contributed by atoms with van der Waals surface area (Å²) in [6, 6.07) is 18.0. The van der Waals surface area contributed by atoms with Crippen molar-refractivity contribution in [3.8, 4) is 17.1 Å². The Morgan fingerprint density at radius 2 is 1.89 bits per heavy atom. The number of nitrogens with zero attached hydrogens (tertiary/aromatic N) is 5. The molecule has 2 aromatic carbocycles. The summed E-state index contributed by atoms with van der Waals surface area (Å²) in [6.07, 6.45) is 3.24. The molecule has 3 heterocycles. The normalized spacial score (nSPS) is 14.6. The summed E-state index contributed by atoms with van der Waals surface area (Å²) in [5, 5.41) is 21.2. The van der Waals surface area contributed by atoms with Gasteiger partial charge in [-0.3, -0.25) is 9.78 Å². The minimum absolute atomic E-state index is 0.106. The van der Waals surface area contributed by atoms with E-state index in [0.717, 1.165) is 24.3 Å². The highest BCUT2D eigenvalue weighted by Gasteiger charge is 2.34. The standard InChI is InChI=1S/C28H29N7O2/c1-4-34(5-2)22-13-11-19(12-14-22)26-32-28-30-18(3)24(27(37)31-21-9-7-15-29-17-21)25(35(28)33-26)20-8-6-10-23(36)16-20/h6-17,25,36H,4-5H2,1-3H3,(H,31,37)(H,30,32,33). The molecule has 0 aliphatic carbocycles. The molecule has 1 aliphatic heterocycles. The van der Waals surface area contributed by atoms with E-state index >= 15 is 0 Å². The number of pyridine rings is 1. The van der Waals surface area contributed by atoms with Crippen molar-refractivity contribution in [2.45, 2.75) is 26.8 Å². The third-order valence-corrected chi connectivity index (χ3v) is 6.46.